The standard InChI is InChI=1S/C12H18/c1-3-9(2)6-12-8-10-4-5-11(12)7-10/h4-6,10-12H,3,7-8H2,1-2H3/b9-6+. The Kier molecular flexibility index (Phi) is 2.08. The molecule has 0 aromatic rings. The molecule has 3 unspecified atom stereocenters. The van der Waals surface area contributed by atoms with Crippen LogP contribution in [0.1, 0.15) is 33.1 Å². The number of fused-ring (bicyclic) bond motifs is 2. The molecule has 0 saturated heterocycles. The lowest BCUT2D eigenvalue weighted by atomic mass is 9.91. The zero-order valence-electron chi connectivity index (χ0n) is 8.09. The second-order valence-electron chi connectivity index (χ2n) is 4.31. The lowest BCUT2D eigenvalue weighted by Crippen LogP contribution is -2.03. The summed E-state index contributed by atoms with van der Waals surface area (Å²) in [6.07, 6.45) is 11.4. The highest BCUT2D eigenvalue weighted by Crippen LogP contribution is 2.44. The van der Waals surface area contributed by atoms with E-state index in [0.29, 0.717) is 0 Å². The van der Waals surface area contributed by atoms with Gasteiger partial charge >= 0.3 is 0 Å². The first kappa shape index (κ1) is 8.10. The maximum absolute atomic E-state index is 2.51. The summed E-state index contributed by atoms with van der Waals surface area (Å²) in [5, 5.41) is 0. The van der Waals surface area contributed by atoms with E-state index in [-0.39, 0.29) is 0 Å². The predicted octanol–water partition coefficient (Wildman–Crippen LogP) is 3.55. The van der Waals surface area contributed by atoms with Crippen LogP contribution in [-0.2, 0) is 0 Å². The zero-order valence-corrected chi connectivity index (χ0v) is 8.09. The van der Waals surface area contributed by atoms with E-state index in [0.717, 1.165) is 17.8 Å². The summed E-state index contributed by atoms with van der Waals surface area (Å²) >= 11 is 0. The number of hydrogen-bond donors (Lipinski definition) is 0. The van der Waals surface area contributed by atoms with Crippen molar-refractivity contribution in [2.24, 2.45) is 17.8 Å². The Labute approximate surface area is 75.4 Å². The Morgan fingerprint density at radius 1 is 1.42 bits per heavy atom. The molecule has 0 nitrogen and oxygen atoms in total. The molecular weight excluding hydrogens is 144 g/mol. The molecule has 0 N–H and O–H groups in total. The van der Waals surface area contributed by atoms with Crippen LogP contribution in [0.4, 0.5) is 0 Å². The molecule has 66 valence electrons. The second kappa shape index (κ2) is 3.08. The monoisotopic (exact) mass is 162 g/mol. The third-order valence-corrected chi connectivity index (χ3v) is 3.39. The van der Waals surface area contributed by atoms with E-state index >= 15 is 0 Å². The summed E-state index contributed by atoms with van der Waals surface area (Å²) < 4.78 is 0. The van der Waals surface area contributed by atoms with Gasteiger partial charge in [0.15, 0.2) is 0 Å². The van der Waals surface area contributed by atoms with Crippen molar-refractivity contribution in [1.82, 2.24) is 0 Å². The minimum absolute atomic E-state index is 0.875. The molecule has 0 spiro atoms. The van der Waals surface area contributed by atoms with E-state index in [1.165, 1.54) is 19.3 Å². The highest BCUT2D eigenvalue weighted by Gasteiger charge is 2.33. The van der Waals surface area contributed by atoms with E-state index < -0.39 is 0 Å². The maximum Gasteiger partial charge on any atom is -0.0162 e. The minimum atomic E-state index is 0.875. The molecule has 0 aromatic carbocycles. The van der Waals surface area contributed by atoms with Gasteiger partial charge in [-0.05, 0) is 43.9 Å². The van der Waals surface area contributed by atoms with Crippen LogP contribution in [0, 0.1) is 17.8 Å². The second-order valence-corrected chi connectivity index (χ2v) is 4.31. The molecule has 1 saturated carbocycles. The maximum atomic E-state index is 2.51. The smallest absolute Gasteiger partial charge is 0.0162 e. The fourth-order valence-electron chi connectivity index (χ4n) is 2.50. The Morgan fingerprint density at radius 3 is 2.75 bits per heavy atom. The number of hydrogen-bond acceptors (Lipinski definition) is 0. The first-order chi connectivity index (χ1) is 5.79. The molecule has 0 heterocycles. The van der Waals surface area contributed by atoms with Crippen molar-refractivity contribution in [1.29, 1.82) is 0 Å². The molecule has 0 heteroatoms. The summed E-state index contributed by atoms with van der Waals surface area (Å²) in [4.78, 5) is 0. The molecule has 2 aliphatic carbocycles. The van der Waals surface area contributed by atoms with Gasteiger partial charge in [0.05, 0.1) is 0 Å². The molecule has 0 aromatic heterocycles. The first-order valence-corrected chi connectivity index (χ1v) is 5.15. The average Bonchev–Trinajstić information content (AvgIpc) is 2.64. The normalized spacial score (nSPS) is 39.5. The molecule has 2 aliphatic rings. The van der Waals surface area contributed by atoms with Gasteiger partial charge in [-0.25, -0.2) is 0 Å². The summed E-state index contributed by atoms with van der Waals surface area (Å²) in [5.41, 5.74) is 1.57. The largest absolute Gasteiger partial charge is 0.0851 e. The molecule has 0 amide bonds. The highest BCUT2D eigenvalue weighted by atomic mass is 14.4. The van der Waals surface area contributed by atoms with Crippen molar-refractivity contribution in [3.05, 3.63) is 23.8 Å². The van der Waals surface area contributed by atoms with Crippen LogP contribution in [-0.4, -0.2) is 0 Å². The molecule has 2 rings (SSSR count). The van der Waals surface area contributed by atoms with Crippen molar-refractivity contribution >= 4 is 0 Å². The summed E-state index contributed by atoms with van der Waals surface area (Å²) in [7, 11) is 0. The van der Waals surface area contributed by atoms with Crippen LogP contribution >= 0.6 is 0 Å². The van der Waals surface area contributed by atoms with E-state index in [2.05, 4.69) is 32.1 Å². The first-order valence-electron chi connectivity index (χ1n) is 5.15. The van der Waals surface area contributed by atoms with Gasteiger partial charge in [0, 0.05) is 0 Å². The number of allylic oxidation sites excluding steroid dienone is 4. The molecule has 0 radical (unpaired) electrons. The highest BCUT2D eigenvalue weighted by molar-refractivity contribution is 5.16. The summed E-state index contributed by atoms with van der Waals surface area (Å²) in [6.45, 7) is 4.50. The van der Waals surface area contributed by atoms with Crippen molar-refractivity contribution in [3.63, 3.8) is 0 Å². The topological polar surface area (TPSA) is 0 Å². The Balaban J connectivity index is 2.04. The van der Waals surface area contributed by atoms with Gasteiger partial charge in [0.25, 0.3) is 0 Å². The van der Waals surface area contributed by atoms with Gasteiger partial charge in [0.1, 0.15) is 0 Å². The third-order valence-electron chi connectivity index (χ3n) is 3.39. The zero-order chi connectivity index (χ0) is 8.55. The van der Waals surface area contributed by atoms with Gasteiger partial charge in [-0.1, -0.05) is 30.7 Å². The summed E-state index contributed by atoms with van der Waals surface area (Å²) in [5.74, 6) is 2.68. The van der Waals surface area contributed by atoms with Crippen molar-refractivity contribution in [3.8, 4) is 0 Å². The fourth-order valence-corrected chi connectivity index (χ4v) is 2.50. The van der Waals surface area contributed by atoms with Gasteiger partial charge in [-0.3, -0.25) is 0 Å². The summed E-state index contributed by atoms with van der Waals surface area (Å²) in [6, 6.07) is 0. The van der Waals surface area contributed by atoms with E-state index in [9.17, 15) is 0 Å². The van der Waals surface area contributed by atoms with Crippen molar-refractivity contribution < 1.29 is 0 Å². The lowest BCUT2D eigenvalue weighted by molar-refractivity contribution is 0.545. The number of rotatable bonds is 2. The van der Waals surface area contributed by atoms with Gasteiger partial charge in [-0.15, -0.1) is 0 Å². The quantitative estimate of drug-likeness (QED) is 0.545. The van der Waals surface area contributed by atoms with Crippen LogP contribution in [0.3, 0.4) is 0 Å². The lowest BCUT2D eigenvalue weighted by Gasteiger charge is -2.14. The van der Waals surface area contributed by atoms with E-state index in [1.807, 2.05) is 0 Å². The van der Waals surface area contributed by atoms with Gasteiger partial charge < -0.3 is 0 Å². The molecule has 3 atom stereocenters. The molecular formula is C12H18. The Hall–Kier alpha value is -0.520. The Morgan fingerprint density at radius 2 is 2.25 bits per heavy atom. The fraction of sp³-hybridized carbons (Fsp3) is 0.667. The van der Waals surface area contributed by atoms with Crippen LogP contribution < -0.4 is 0 Å². The van der Waals surface area contributed by atoms with Gasteiger partial charge in [-0.2, -0.15) is 0 Å². The average molecular weight is 162 g/mol. The van der Waals surface area contributed by atoms with E-state index in [1.54, 1.807) is 5.57 Å². The molecule has 2 bridgehead atoms. The van der Waals surface area contributed by atoms with E-state index in [4.69, 9.17) is 0 Å². The predicted molar refractivity (Wildman–Crippen MR) is 52.9 cm³/mol. The van der Waals surface area contributed by atoms with Crippen LogP contribution in [0.5, 0.6) is 0 Å². The Bertz CT molecular complexity index is 222. The van der Waals surface area contributed by atoms with Crippen molar-refractivity contribution in [2.75, 3.05) is 0 Å². The molecule has 12 heavy (non-hydrogen) atoms. The SMILES string of the molecule is CC/C(C)=C/C1CC2C=CC1C2. The van der Waals surface area contributed by atoms with Gasteiger partial charge in [0.2, 0.25) is 0 Å². The molecule has 0 aliphatic heterocycles. The van der Waals surface area contributed by atoms with Crippen LogP contribution in [0.2, 0.25) is 0 Å². The van der Waals surface area contributed by atoms with Crippen LogP contribution in [0.15, 0.2) is 23.8 Å². The minimum Gasteiger partial charge on any atom is -0.0851 e. The van der Waals surface area contributed by atoms with Crippen LogP contribution in [0.25, 0.3) is 0 Å². The third kappa shape index (κ3) is 1.35. The van der Waals surface area contributed by atoms with Crippen molar-refractivity contribution in [2.45, 2.75) is 33.1 Å². The molecule has 1 fully saturated rings.